The highest BCUT2D eigenvalue weighted by Gasteiger charge is 2.30. The first-order valence-corrected chi connectivity index (χ1v) is 11.2. The average Bonchev–Trinajstić information content (AvgIpc) is 3.39. The fourth-order valence-corrected chi connectivity index (χ4v) is 4.88. The predicted molar refractivity (Wildman–Crippen MR) is 119 cm³/mol. The highest BCUT2D eigenvalue weighted by molar-refractivity contribution is 14.0. The first kappa shape index (κ1) is 23.4. The second-order valence-electron chi connectivity index (χ2n) is 6.97. The SMILES string of the molecule is CCN(CCNC(=NC)N1CCN(S(=O)(=O)Cc2ccon2)CC1)C1CC1.I. The van der Waals surface area contributed by atoms with E-state index in [1.807, 2.05) is 0 Å². The fourth-order valence-electron chi connectivity index (χ4n) is 3.45. The van der Waals surface area contributed by atoms with Crippen molar-refractivity contribution in [2.24, 2.45) is 4.99 Å². The van der Waals surface area contributed by atoms with Crippen molar-refractivity contribution < 1.29 is 12.9 Å². The minimum Gasteiger partial charge on any atom is -0.364 e. The molecule has 0 aromatic carbocycles. The number of halogens is 1. The first-order valence-electron chi connectivity index (χ1n) is 9.60. The van der Waals surface area contributed by atoms with E-state index in [-0.39, 0.29) is 29.7 Å². The molecule has 1 aliphatic carbocycles. The van der Waals surface area contributed by atoms with Crippen LogP contribution in [-0.4, -0.2) is 92.5 Å². The molecular weight excluding hydrogens is 495 g/mol. The maximum atomic E-state index is 12.5. The molecule has 0 radical (unpaired) electrons. The zero-order chi connectivity index (χ0) is 19.3. The number of rotatable bonds is 8. The minimum absolute atomic E-state index is 0. The van der Waals surface area contributed by atoms with Gasteiger partial charge in [0.1, 0.15) is 12.0 Å². The molecule has 0 amide bonds. The Balaban J connectivity index is 0.00000280. The summed E-state index contributed by atoms with van der Waals surface area (Å²) in [5, 5.41) is 7.12. The third-order valence-corrected chi connectivity index (χ3v) is 6.93. The summed E-state index contributed by atoms with van der Waals surface area (Å²) in [5.41, 5.74) is 0.436. The third kappa shape index (κ3) is 6.29. The van der Waals surface area contributed by atoms with Gasteiger partial charge in [0.2, 0.25) is 10.0 Å². The van der Waals surface area contributed by atoms with E-state index < -0.39 is 10.0 Å². The number of guanidine groups is 1. The van der Waals surface area contributed by atoms with E-state index in [9.17, 15) is 8.42 Å². The molecule has 9 nitrogen and oxygen atoms in total. The van der Waals surface area contributed by atoms with E-state index in [1.165, 1.54) is 23.4 Å². The molecule has 3 rings (SSSR count). The smallest absolute Gasteiger partial charge is 0.220 e. The van der Waals surface area contributed by atoms with Gasteiger partial charge < -0.3 is 14.7 Å². The van der Waals surface area contributed by atoms with Crippen LogP contribution in [0.5, 0.6) is 0 Å². The van der Waals surface area contributed by atoms with Gasteiger partial charge in [-0.1, -0.05) is 12.1 Å². The second kappa shape index (κ2) is 10.7. The lowest BCUT2D eigenvalue weighted by molar-refractivity contribution is 0.254. The van der Waals surface area contributed by atoms with Gasteiger partial charge in [-0.25, -0.2) is 8.42 Å². The summed E-state index contributed by atoms with van der Waals surface area (Å²) >= 11 is 0. The van der Waals surface area contributed by atoms with Crippen LogP contribution in [0.3, 0.4) is 0 Å². The lowest BCUT2D eigenvalue weighted by Gasteiger charge is -2.36. The molecule has 0 bridgehead atoms. The molecular formula is C17H31IN6O3S. The molecule has 1 N–H and O–H groups in total. The van der Waals surface area contributed by atoms with Gasteiger partial charge in [0, 0.05) is 58.4 Å². The molecule has 2 heterocycles. The van der Waals surface area contributed by atoms with Gasteiger partial charge in [-0.15, -0.1) is 24.0 Å². The maximum Gasteiger partial charge on any atom is 0.220 e. The van der Waals surface area contributed by atoms with Crippen molar-refractivity contribution in [3.63, 3.8) is 0 Å². The Morgan fingerprint density at radius 1 is 1.36 bits per heavy atom. The largest absolute Gasteiger partial charge is 0.364 e. The number of aliphatic imine (C=N–C) groups is 1. The summed E-state index contributed by atoms with van der Waals surface area (Å²) in [7, 11) is -1.61. The Hall–Kier alpha value is -0.920. The number of nitrogens with one attached hydrogen (secondary N) is 1. The van der Waals surface area contributed by atoms with Crippen molar-refractivity contribution in [2.45, 2.75) is 31.6 Å². The Labute approximate surface area is 184 Å². The van der Waals surface area contributed by atoms with Gasteiger partial charge >= 0.3 is 0 Å². The van der Waals surface area contributed by atoms with Gasteiger partial charge in [0.15, 0.2) is 5.96 Å². The van der Waals surface area contributed by atoms with Gasteiger partial charge in [-0.05, 0) is 19.4 Å². The fraction of sp³-hybridized carbons (Fsp3) is 0.765. The lowest BCUT2D eigenvalue weighted by Crippen LogP contribution is -2.54. The summed E-state index contributed by atoms with van der Waals surface area (Å²) in [6, 6.07) is 2.35. The number of nitrogens with zero attached hydrogens (tertiary/aromatic N) is 5. The standard InChI is InChI=1S/C17H30N6O3S.HI/c1-3-21(16-4-5-16)8-7-19-17(18-2)22-9-11-23(12-10-22)27(24,25)14-15-6-13-26-20-15;/h6,13,16H,3-5,7-12,14H2,1-2H3,(H,18,19);1H. The molecule has 0 unspecified atom stereocenters. The number of hydrogen-bond donors (Lipinski definition) is 1. The number of likely N-dealkylation sites (N-methyl/N-ethyl adjacent to an activating group) is 1. The molecule has 1 aromatic heterocycles. The van der Waals surface area contributed by atoms with Gasteiger partial charge in [0.25, 0.3) is 0 Å². The number of aromatic nitrogens is 1. The molecule has 160 valence electrons. The van der Waals surface area contributed by atoms with Crippen LogP contribution in [0.1, 0.15) is 25.5 Å². The highest BCUT2D eigenvalue weighted by atomic mass is 127. The molecule has 2 aliphatic rings. The van der Waals surface area contributed by atoms with Crippen molar-refractivity contribution in [1.29, 1.82) is 0 Å². The van der Waals surface area contributed by atoms with Crippen molar-refractivity contribution in [1.82, 2.24) is 24.6 Å². The highest BCUT2D eigenvalue weighted by Crippen LogP contribution is 2.25. The normalized spacial score (nSPS) is 19.0. The summed E-state index contributed by atoms with van der Waals surface area (Å²) < 4.78 is 31.3. The molecule has 0 atom stereocenters. The molecule has 1 saturated carbocycles. The number of sulfonamides is 1. The Bertz CT molecular complexity index is 715. The Morgan fingerprint density at radius 3 is 2.61 bits per heavy atom. The van der Waals surface area contributed by atoms with E-state index >= 15 is 0 Å². The molecule has 28 heavy (non-hydrogen) atoms. The number of piperazine rings is 1. The molecule has 0 spiro atoms. The molecule has 11 heteroatoms. The second-order valence-corrected chi connectivity index (χ2v) is 8.94. The van der Waals surface area contributed by atoms with Crippen LogP contribution in [0, 0.1) is 0 Å². The topological polar surface area (TPSA) is 94.3 Å². The van der Waals surface area contributed by atoms with Gasteiger partial charge in [-0.2, -0.15) is 4.31 Å². The molecule has 2 fully saturated rings. The molecule has 1 saturated heterocycles. The molecule has 1 aliphatic heterocycles. The average molecular weight is 526 g/mol. The maximum absolute atomic E-state index is 12.5. The van der Waals surface area contributed by atoms with Crippen LogP contribution in [-0.2, 0) is 15.8 Å². The van der Waals surface area contributed by atoms with Gasteiger partial charge in [-0.3, -0.25) is 9.89 Å². The van der Waals surface area contributed by atoms with Crippen LogP contribution in [0.4, 0.5) is 0 Å². The monoisotopic (exact) mass is 526 g/mol. The number of hydrogen-bond acceptors (Lipinski definition) is 6. The van der Waals surface area contributed by atoms with E-state index in [0.717, 1.165) is 31.6 Å². The van der Waals surface area contributed by atoms with Crippen molar-refractivity contribution >= 4 is 40.0 Å². The van der Waals surface area contributed by atoms with Crippen LogP contribution in [0.25, 0.3) is 0 Å². The van der Waals surface area contributed by atoms with E-state index in [4.69, 9.17) is 4.52 Å². The van der Waals surface area contributed by atoms with Crippen molar-refractivity contribution in [2.75, 3.05) is 52.9 Å². The van der Waals surface area contributed by atoms with Crippen LogP contribution >= 0.6 is 24.0 Å². The van der Waals surface area contributed by atoms with E-state index in [2.05, 4.69) is 32.2 Å². The summed E-state index contributed by atoms with van der Waals surface area (Å²) in [4.78, 5) is 8.98. The summed E-state index contributed by atoms with van der Waals surface area (Å²) in [6.45, 7) is 7.27. The third-order valence-electron chi connectivity index (χ3n) is 5.12. The summed E-state index contributed by atoms with van der Waals surface area (Å²) in [6.07, 6.45) is 4.02. The molecule has 1 aromatic rings. The van der Waals surface area contributed by atoms with Crippen molar-refractivity contribution in [3.8, 4) is 0 Å². The van der Waals surface area contributed by atoms with Crippen molar-refractivity contribution in [3.05, 3.63) is 18.0 Å². The van der Waals surface area contributed by atoms with E-state index in [0.29, 0.717) is 31.9 Å². The zero-order valence-corrected chi connectivity index (χ0v) is 19.7. The Kier molecular flexibility index (Phi) is 8.96. The minimum atomic E-state index is -3.38. The van der Waals surface area contributed by atoms with Crippen LogP contribution < -0.4 is 5.32 Å². The first-order chi connectivity index (χ1) is 13.0. The lowest BCUT2D eigenvalue weighted by atomic mass is 10.4. The van der Waals surface area contributed by atoms with Gasteiger partial charge in [0.05, 0.1) is 5.69 Å². The predicted octanol–water partition coefficient (Wildman–Crippen LogP) is 0.800. The van der Waals surface area contributed by atoms with E-state index in [1.54, 1.807) is 13.1 Å². The van der Waals surface area contributed by atoms with Crippen LogP contribution in [0.2, 0.25) is 0 Å². The zero-order valence-electron chi connectivity index (χ0n) is 16.6. The van der Waals surface area contributed by atoms with Crippen LogP contribution in [0.15, 0.2) is 21.8 Å². The Morgan fingerprint density at radius 2 is 2.07 bits per heavy atom. The quantitative estimate of drug-likeness (QED) is 0.304. The summed E-state index contributed by atoms with van der Waals surface area (Å²) in [5.74, 6) is 0.722.